The zero-order valence-electron chi connectivity index (χ0n) is 36.4. The van der Waals surface area contributed by atoms with Crippen LogP contribution in [0.4, 0.5) is 0 Å². The number of allylic oxidation sites excluding steroid dienone is 6. The molecule has 0 aliphatic heterocycles. The number of carbonyl (C=O) groups excluding carboxylic acids is 3. The van der Waals surface area contributed by atoms with Gasteiger partial charge >= 0.3 is 17.9 Å². The number of carbonyl (C=O) groups is 3. The first-order valence-electron chi connectivity index (χ1n) is 23.5. The second kappa shape index (κ2) is 44.3. The largest absolute Gasteiger partial charge is 0.462 e. The molecule has 0 aliphatic rings. The van der Waals surface area contributed by atoms with Crippen molar-refractivity contribution in [1.29, 1.82) is 0 Å². The lowest BCUT2D eigenvalue weighted by atomic mass is 10.1. The van der Waals surface area contributed by atoms with Gasteiger partial charge < -0.3 is 14.2 Å². The van der Waals surface area contributed by atoms with Gasteiger partial charge in [0.2, 0.25) is 0 Å². The van der Waals surface area contributed by atoms with Gasteiger partial charge in [-0.1, -0.05) is 179 Å². The van der Waals surface area contributed by atoms with E-state index in [0.717, 1.165) is 89.9 Å². The molecule has 0 fully saturated rings. The molecule has 0 aliphatic carbocycles. The van der Waals surface area contributed by atoms with E-state index in [1.54, 1.807) is 0 Å². The molecule has 1 unspecified atom stereocenters. The third kappa shape index (κ3) is 42.6. The minimum absolute atomic E-state index is 0.0803. The molecule has 0 aromatic heterocycles. The number of hydrogen-bond acceptors (Lipinski definition) is 6. The summed E-state index contributed by atoms with van der Waals surface area (Å²) >= 11 is 0. The first-order chi connectivity index (χ1) is 27.0. The molecular weight excluding hydrogens is 685 g/mol. The molecule has 0 bridgehead atoms. The Kier molecular flexibility index (Phi) is 42.4. The van der Waals surface area contributed by atoms with Crippen LogP contribution in [0.2, 0.25) is 0 Å². The molecular formula is C49H88O6. The Balaban J connectivity index is 4.24. The molecule has 0 spiro atoms. The first kappa shape index (κ1) is 52.6. The Hall–Kier alpha value is -2.37. The van der Waals surface area contributed by atoms with Crippen LogP contribution in [-0.2, 0) is 28.6 Å². The van der Waals surface area contributed by atoms with Gasteiger partial charge in [0.1, 0.15) is 13.2 Å². The van der Waals surface area contributed by atoms with Crippen LogP contribution in [0.15, 0.2) is 36.5 Å². The van der Waals surface area contributed by atoms with Gasteiger partial charge in [-0.25, -0.2) is 0 Å². The van der Waals surface area contributed by atoms with Crippen molar-refractivity contribution >= 4 is 17.9 Å². The van der Waals surface area contributed by atoms with Gasteiger partial charge in [-0.2, -0.15) is 0 Å². The standard InChI is InChI=1S/C49H88O6/c1-4-7-10-13-15-17-19-21-23-25-27-29-31-33-36-39-42-48(51)54-45-46(44-53-47(50)41-38-35-12-9-6-3)55-49(52)43-40-37-34-32-30-28-26-24-22-20-18-16-14-11-8-5-2/h17,19,23-26,46H,4-16,18,20-22,27-45H2,1-3H3/b19-17-,25-23-,26-24-. The summed E-state index contributed by atoms with van der Waals surface area (Å²) in [6.45, 7) is 6.52. The predicted molar refractivity (Wildman–Crippen MR) is 233 cm³/mol. The third-order valence-corrected chi connectivity index (χ3v) is 10.1. The van der Waals surface area contributed by atoms with E-state index in [9.17, 15) is 14.4 Å². The molecule has 0 N–H and O–H groups in total. The van der Waals surface area contributed by atoms with Gasteiger partial charge in [0.25, 0.3) is 0 Å². The van der Waals surface area contributed by atoms with Crippen molar-refractivity contribution in [3.8, 4) is 0 Å². The molecule has 0 saturated heterocycles. The Morgan fingerprint density at radius 2 is 0.655 bits per heavy atom. The van der Waals surface area contributed by atoms with E-state index in [-0.39, 0.29) is 31.1 Å². The number of rotatable bonds is 42. The van der Waals surface area contributed by atoms with Crippen LogP contribution in [0.5, 0.6) is 0 Å². The molecule has 320 valence electrons. The highest BCUT2D eigenvalue weighted by molar-refractivity contribution is 5.71. The summed E-state index contributed by atoms with van der Waals surface area (Å²) in [5, 5.41) is 0. The van der Waals surface area contributed by atoms with E-state index >= 15 is 0 Å². The summed E-state index contributed by atoms with van der Waals surface area (Å²) in [6.07, 6.45) is 50.1. The molecule has 0 amide bonds. The van der Waals surface area contributed by atoms with Gasteiger partial charge in [-0.05, 0) is 77.0 Å². The molecule has 55 heavy (non-hydrogen) atoms. The van der Waals surface area contributed by atoms with E-state index in [4.69, 9.17) is 14.2 Å². The number of hydrogen-bond donors (Lipinski definition) is 0. The Bertz CT molecular complexity index is 938. The van der Waals surface area contributed by atoms with Crippen molar-refractivity contribution in [2.75, 3.05) is 13.2 Å². The zero-order chi connectivity index (χ0) is 40.1. The SMILES string of the molecule is CCCCCC/C=C\C/C=C\CCCCCCCC(=O)OCC(COC(=O)CCCCCCC)OC(=O)CCCCCCC/C=C\CCCCCCCCC. The summed E-state index contributed by atoms with van der Waals surface area (Å²) < 4.78 is 16.6. The van der Waals surface area contributed by atoms with Crippen molar-refractivity contribution < 1.29 is 28.6 Å². The van der Waals surface area contributed by atoms with Crippen LogP contribution in [0, 0.1) is 0 Å². The maximum Gasteiger partial charge on any atom is 0.306 e. The second-order valence-corrected chi connectivity index (χ2v) is 15.7. The first-order valence-corrected chi connectivity index (χ1v) is 23.5. The minimum Gasteiger partial charge on any atom is -0.462 e. The highest BCUT2D eigenvalue weighted by Gasteiger charge is 2.19. The molecule has 6 heteroatoms. The predicted octanol–water partition coefficient (Wildman–Crippen LogP) is 15.0. The fourth-order valence-corrected chi connectivity index (χ4v) is 6.52. The molecule has 0 radical (unpaired) electrons. The molecule has 0 aromatic carbocycles. The van der Waals surface area contributed by atoms with Crippen molar-refractivity contribution in [1.82, 2.24) is 0 Å². The van der Waals surface area contributed by atoms with Crippen LogP contribution >= 0.6 is 0 Å². The van der Waals surface area contributed by atoms with Gasteiger partial charge in [0.15, 0.2) is 6.10 Å². The van der Waals surface area contributed by atoms with Gasteiger partial charge in [-0.3, -0.25) is 14.4 Å². The normalized spacial score (nSPS) is 12.3. The van der Waals surface area contributed by atoms with E-state index < -0.39 is 6.10 Å². The van der Waals surface area contributed by atoms with Crippen molar-refractivity contribution in [3.05, 3.63) is 36.5 Å². The molecule has 6 nitrogen and oxygen atoms in total. The lowest BCUT2D eigenvalue weighted by Gasteiger charge is -2.18. The smallest absolute Gasteiger partial charge is 0.306 e. The summed E-state index contributed by atoms with van der Waals surface area (Å²) in [7, 11) is 0. The van der Waals surface area contributed by atoms with Gasteiger partial charge in [-0.15, -0.1) is 0 Å². The number of ether oxygens (including phenoxy) is 3. The van der Waals surface area contributed by atoms with Crippen molar-refractivity contribution in [2.45, 2.75) is 245 Å². The number of esters is 3. The Labute approximate surface area is 340 Å². The number of unbranched alkanes of at least 4 members (excludes halogenated alkanes) is 25. The van der Waals surface area contributed by atoms with E-state index in [1.165, 1.54) is 109 Å². The Morgan fingerprint density at radius 3 is 1.04 bits per heavy atom. The second-order valence-electron chi connectivity index (χ2n) is 15.7. The molecule has 0 heterocycles. The molecule has 0 saturated carbocycles. The molecule has 0 rings (SSSR count). The zero-order valence-corrected chi connectivity index (χ0v) is 36.4. The lowest BCUT2D eigenvalue weighted by molar-refractivity contribution is -0.167. The summed E-state index contributed by atoms with van der Waals surface area (Å²) in [5.74, 6) is -0.914. The van der Waals surface area contributed by atoms with E-state index in [0.29, 0.717) is 19.3 Å². The van der Waals surface area contributed by atoms with Crippen LogP contribution in [0.1, 0.15) is 239 Å². The summed E-state index contributed by atoms with van der Waals surface area (Å²) in [6, 6.07) is 0. The van der Waals surface area contributed by atoms with Crippen molar-refractivity contribution in [2.24, 2.45) is 0 Å². The summed E-state index contributed by atoms with van der Waals surface area (Å²) in [5.41, 5.74) is 0. The van der Waals surface area contributed by atoms with Crippen molar-refractivity contribution in [3.63, 3.8) is 0 Å². The van der Waals surface area contributed by atoms with Crippen LogP contribution < -0.4 is 0 Å². The highest BCUT2D eigenvalue weighted by atomic mass is 16.6. The monoisotopic (exact) mass is 773 g/mol. The Morgan fingerprint density at radius 1 is 0.364 bits per heavy atom. The maximum atomic E-state index is 12.7. The molecule has 0 aromatic rings. The quantitative estimate of drug-likeness (QED) is 0.0266. The van der Waals surface area contributed by atoms with Gasteiger partial charge in [0.05, 0.1) is 0 Å². The van der Waals surface area contributed by atoms with Crippen LogP contribution in [-0.4, -0.2) is 37.2 Å². The van der Waals surface area contributed by atoms with Gasteiger partial charge in [0, 0.05) is 19.3 Å². The fourth-order valence-electron chi connectivity index (χ4n) is 6.52. The fraction of sp³-hybridized carbons (Fsp3) is 0.816. The van der Waals surface area contributed by atoms with Crippen LogP contribution in [0.25, 0.3) is 0 Å². The average Bonchev–Trinajstić information content (AvgIpc) is 3.18. The topological polar surface area (TPSA) is 78.9 Å². The average molecular weight is 773 g/mol. The third-order valence-electron chi connectivity index (χ3n) is 10.1. The maximum absolute atomic E-state index is 12.7. The van der Waals surface area contributed by atoms with Crippen LogP contribution in [0.3, 0.4) is 0 Å². The van der Waals surface area contributed by atoms with E-state index in [1.807, 2.05) is 0 Å². The van der Waals surface area contributed by atoms with E-state index in [2.05, 4.69) is 57.2 Å². The minimum atomic E-state index is -0.775. The highest BCUT2D eigenvalue weighted by Crippen LogP contribution is 2.13. The summed E-state index contributed by atoms with van der Waals surface area (Å²) in [4.78, 5) is 37.5. The lowest BCUT2D eigenvalue weighted by Crippen LogP contribution is -2.30. The molecule has 1 atom stereocenters.